The Labute approximate surface area is 108 Å². The van der Waals surface area contributed by atoms with Gasteiger partial charge in [0.25, 0.3) is 0 Å². The van der Waals surface area contributed by atoms with Crippen molar-refractivity contribution >= 4 is 17.7 Å². The highest BCUT2D eigenvalue weighted by molar-refractivity contribution is 7.99. The summed E-state index contributed by atoms with van der Waals surface area (Å²) < 4.78 is 5.46. The van der Waals surface area contributed by atoms with E-state index in [2.05, 4.69) is 36.1 Å². The van der Waals surface area contributed by atoms with Gasteiger partial charge in [-0.15, -0.1) is 0 Å². The molecule has 1 aromatic rings. The third-order valence-corrected chi connectivity index (χ3v) is 3.18. The highest BCUT2D eigenvalue weighted by Crippen LogP contribution is 2.11. The van der Waals surface area contributed by atoms with E-state index in [1.807, 2.05) is 11.8 Å². The van der Waals surface area contributed by atoms with Crippen molar-refractivity contribution < 1.29 is 4.74 Å². The van der Waals surface area contributed by atoms with Crippen LogP contribution < -0.4 is 10.1 Å². The summed E-state index contributed by atoms with van der Waals surface area (Å²) in [4.78, 5) is 8.49. The van der Waals surface area contributed by atoms with Crippen LogP contribution in [0.2, 0.25) is 0 Å². The van der Waals surface area contributed by atoms with Crippen molar-refractivity contribution in [3.05, 3.63) is 12.3 Å². The van der Waals surface area contributed by atoms with Gasteiger partial charge in [0, 0.05) is 24.1 Å². The first-order chi connectivity index (χ1) is 8.26. The minimum Gasteiger partial charge on any atom is -0.478 e. The third-order valence-electron chi connectivity index (χ3n) is 2.03. The van der Waals surface area contributed by atoms with E-state index in [9.17, 15) is 0 Å². The number of ether oxygens (including phenoxy) is 1. The molecule has 0 aliphatic carbocycles. The SMILES string of the molecule is CCCOc1ccnc(NC(C)CSCC)n1. The lowest BCUT2D eigenvalue weighted by atomic mass is 10.4. The molecule has 0 fully saturated rings. The number of aromatic nitrogens is 2. The zero-order valence-corrected chi connectivity index (χ0v) is 11.6. The van der Waals surface area contributed by atoms with Gasteiger partial charge in [0.15, 0.2) is 0 Å². The number of nitrogens with one attached hydrogen (secondary N) is 1. The molecule has 0 spiro atoms. The van der Waals surface area contributed by atoms with Gasteiger partial charge in [-0.05, 0) is 19.1 Å². The van der Waals surface area contributed by atoms with Crippen molar-refractivity contribution in [2.24, 2.45) is 0 Å². The first kappa shape index (κ1) is 14.1. The van der Waals surface area contributed by atoms with Crippen LogP contribution in [0.1, 0.15) is 27.2 Å². The molecule has 0 saturated heterocycles. The molecule has 1 heterocycles. The van der Waals surface area contributed by atoms with Crippen molar-refractivity contribution in [3.8, 4) is 5.88 Å². The minimum absolute atomic E-state index is 0.362. The van der Waals surface area contributed by atoms with E-state index in [-0.39, 0.29) is 0 Å². The molecule has 96 valence electrons. The lowest BCUT2D eigenvalue weighted by Gasteiger charge is -2.13. The molecular weight excluding hydrogens is 234 g/mol. The number of nitrogens with zero attached hydrogens (tertiary/aromatic N) is 2. The van der Waals surface area contributed by atoms with E-state index < -0.39 is 0 Å². The normalized spacial score (nSPS) is 12.2. The highest BCUT2D eigenvalue weighted by Gasteiger charge is 2.04. The maximum absolute atomic E-state index is 5.46. The van der Waals surface area contributed by atoms with E-state index in [1.54, 1.807) is 12.3 Å². The van der Waals surface area contributed by atoms with Crippen LogP contribution in [0, 0.1) is 0 Å². The van der Waals surface area contributed by atoms with Crippen molar-refractivity contribution in [1.29, 1.82) is 0 Å². The van der Waals surface area contributed by atoms with Crippen molar-refractivity contribution in [2.45, 2.75) is 33.2 Å². The average molecular weight is 255 g/mol. The molecule has 0 bridgehead atoms. The second-order valence-corrected chi connectivity index (χ2v) is 5.09. The molecule has 0 saturated carbocycles. The van der Waals surface area contributed by atoms with E-state index in [1.165, 1.54) is 0 Å². The monoisotopic (exact) mass is 255 g/mol. The van der Waals surface area contributed by atoms with Crippen molar-refractivity contribution in [3.63, 3.8) is 0 Å². The summed E-state index contributed by atoms with van der Waals surface area (Å²) in [5, 5.41) is 3.27. The molecule has 4 nitrogen and oxygen atoms in total. The Kier molecular flexibility index (Phi) is 6.77. The molecule has 5 heteroatoms. The lowest BCUT2D eigenvalue weighted by molar-refractivity contribution is 0.305. The largest absolute Gasteiger partial charge is 0.478 e. The molecule has 1 rings (SSSR count). The van der Waals surface area contributed by atoms with Crippen LogP contribution in [0.5, 0.6) is 5.88 Å². The molecular formula is C12H21N3OS. The van der Waals surface area contributed by atoms with Gasteiger partial charge >= 0.3 is 0 Å². The van der Waals surface area contributed by atoms with E-state index >= 15 is 0 Å². The molecule has 0 aromatic carbocycles. The van der Waals surface area contributed by atoms with Gasteiger partial charge in [-0.25, -0.2) is 4.98 Å². The predicted molar refractivity (Wildman–Crippen MR) is 73.9 cm³/mol. The standard InChI is InChI=1S/C12H21N3OS/c1-4-8-16-11-6-7-13-12(15-11)14-10(3)9-17-5-2/h6-7,10H,4-5,8-9H2,1-3H3,(H,13,14,15). The molecule has 1 unspecified atom stereocenters. The minimum atomic E-state index is 0.362. The van der Waals surface area contributed by atoms with Crippen LogP contribution in [0.4, 0.5) is 5.95 Å². The molecule has 1 N–H and O–H groups in total. The summed E-state index contributed by atoms with van der Waals surface area (Å²) in [5.74, 6) is 3.47. The third kappa shape index (κ3) is 5.77. The average Bonchev–Trinajstić information content (AvgIpc) is 2.34. The van der Waals surface area contributed by atoms with E-state index in [0.717, 1.165) is 17.9 Å². The quantitative estimate of drug-likeness (QED) is 0.774. The van der Waals surface area contributed by atoms with Gasteiger partial charge in [0.05, 0.1) is 6.61 Å². The summed E-state index contributed by atoms with van der Waals surface area (Å²) in [6, 6.07) is 2.15. The number of thioether (sulfide) groups is 1. The first-order valence-corrected chi connectivity index (χ1v) is 7.21. The Morgan fingerprint density at radius 1 is 1.47 bits per heavy atom. The summed E-state index contributed by atoms with van der Waals surface area (Å²) in [7, 11) is 0. The number of hydrogen-bond donors (Lipinski definition) is 1. The Bertz CT molecular complexity index is 322. The Morgan fingerprint density at radius 2 is 2.29 bits per heavy atom. The van der Waals surface area contributed by atoms with Crippen molar-refractivity contribution in [1.82, 2.24) is 9.97 Å². The molecule has 0 radical (unpaired) electrons. The van der Waals surface area contributed by atoms with Gasteiger partial charge < -0.3 is 10.1 Å². The van der Waals surface area contributed by atoms with Gasteiger partial charge in [0.1, 0.15) is 0 Å². The topological polar surface area (TPSA) is 47.0 Å². The molecule has 0 aliphatic rings. The van der Waals surface area contributed by atoms with Crippen LogP contribution in [0.25, 0.3) is 0 Å². The summed E-state index contributed by atoms with van der Waals surface area (Å²) in [5.41, 5.74) is 0. The van der Waals surface area contributed by atoms with Crippen LogP contribution in [0.3, 0.4) is 0 Å². The summed E-state index contributed by atoms with van der Waals surface area (Å²) >= 11 is 1.90. The fourth-order valence-corrected chi connectivity index (χ4v) is 1.93. The highest BCUT2D eigenvalue weighted by atomic mass is 32.2. The Hall–Kier alpha value is -0.970. The lowest BCUT2D eigenvalue weighted by Crippen LogP contribution is -2.19. The van der Waals surface area contributed by atoms with Gasteiger partial charge in [-0.2, -0.15) is 16.7 Å². The number of hydrogen-bond acceptors (Lipinski definition) is 5. The van der Waals surface area contributed by atoms with Crippen LogP contribution in [-0.4, -0.2) is 34.1 Å². The smallest absolute Gasteiger partial charge is 0.226 e. The predicted octanol–water partition coefficient (Wildman–Crippen LogP) is 2.82. The zero-order valence-electron chi connectivity index (χ0n) is 10.8. The van der Waals surface area contributed by atoms with Crippen LogP contribution >= 0.6 is 11.8 Å². The Morgan fingerprint density at radius 3 is 3.00 bits per heavy atom. The number of anilines is 1. The van der Waals surface area contributed by atoms with Gasteiger partial charge in [0.2, 0.25) is 11.8 Å². The maximum atomic E-state index is 5.46. The molecule has 0 aliphatic heterocycles. The fourth-order valence-electron chi connectivity index (χ4n) is 1.26. The van der Waals surface area contributed by atoms with Crippen LogP contribution in [-0.2, 0) is 0 Å². The fraction of sp³-hybridized carbons (Fsp3) is 0.667. The van der Waals surface area contributed by atoms with Gasteiger partial charge in [-0.1, -0.05) is 13.8 Å². The number of rotatable bonds is 8. The van der Waals surface area contributed by atoms with Crippen molar-refractivity contribution in [2.75, 3.05) is 23.4 Å². The molecule has 1 atom stereocenters. The molecule has 17 heavy (non-hydrogen) atoms. The second-order valence-electron chi connectivity index (χ2n) is 3.77. The van der Waals surface area contributed by atoms with Crippen LogP contribution in [0.15, 0.2) is 12.3 Å². The van der Waals surface area contributed by atoms with Gasteiger partial charge in [-0.3, -0.25) is 0 Å². The zero-order chi connectivity index (χ0) is 12.5. The summed E-state index contributed by atoms with van der Waals surface area (Å²) in [6.45, 7) is 7.06. The van der Waals surface area contributed by atoms with E-state index in [4.69, 9.17) is 4.74 Å². The first-order valence-electron chi connectivity index (χ1n) is 6.06. The maximum Gasteiger partial charge on any atom is 0.226 e. The van der Waals surface area contributed by atoms with E-state index in [0.29, 0.717) is 24.5 Å². The second kappa shape index (κ2) is 8.17. The summed E-state index contributed by atoms with van der Waals surface area (Å²) in [6.07, 6.45) is 2.70. The Balaban J connectivity index is 2.47. The molecule has 0 amide bonds. The molecule has 1 aromatic heterocycles.